The zero-order valence-electron chi connectivity index (χ0n) is 4.74. The van der Waals surface area contributed by atoms with Crippen LogP contribution in [-0.4, -0.2) is 15.4 Å². The minimum absolute atomic E-state index is 0.365. The Morgan fingerprint density at radius 1 is 1.71 bits per heavy atom. The molecule has 0 aliphatic rings. The van der Waals surface area contributed by atoms with Gasteiger partial charge in [0.25, 0.3) is 0 Å². The summed E-state index contributed by atoms with van der Waals surface area (Å²) < 4.78 is 11.6. The van der Waals surface area contributed by atoms with Crippen molar-refractivity contribution in [1.82, 2.24) is 0 Å². The second-order valence-corrected chi connectivity index (χ2v) is 2.30. The van der Waals surface area contributed by atoms with Crippen molar-refractivity contribution in [3.8, 4) is 0 Å². The second kappa shape index (κ2) is 2.39. The molecule has 0 rings (SSSR count). The summed E-state index contributed by atoms with van der Waals surface area (Å²) in [5.41, 5.74) is 0. The van der Waals surface area contributed by atoms with Gasteiger partial charge in [-0.1, -0.05) is 20.2 Å². The van der Waals surface area contributed by atoms with E-state index in [2.05, 4.69) is 0 Å². The Morgan fingerprint density at radius 3 is 2.14 bits per heavy atom. The lowest BCUT2D eigenvalue weighted by Gasteiger charge is -2.14. The fraction of sp³-hybridized carbons (Fsp3) is 1.00. The zero-order chi connectivity index (χ0) is 5.91. The molecule has 0 amide bonds. The van der Waals surface area contributed by atoms with Gasteiger partial charge in [-0.15, -0.1) is 0 Å². The van der Waals surface area contributed by atoms with Crippen LogP contribution >= 0.6 is 0 Å². The van der Waals surface area contributed by atoms with Crippen molar-refractivity contribution in [1.29, 1.82) is 0 Å². The Morgan fingerprint density at radius 2 is 2.14 bits per heavy atom. The summed E-state index contributed by atoms with van der Waals surface area (Å²) in [5.74, 6) is 0. The van der Waals surface area contributed by atoms with E-state index in [9.17, 15) is 4.32 Å². The van der Waals surface area contributed by atoms with Gasteiger partial charge in [-0.05, 0) is 5.31 Å². The quantitative estimate of drug-likeness (QED) is 0.456. The smallest absolute Gasteiger partial charge is 0.342 e. The highest BCUT2D eigenvalue weighted by Crippen LogP contribution is 2.25. The summed E-state index contributed by atoms with van der Waals surface area (Å²) in [6, 6.07) is 0. The molecule has 0 saturated carbocycles. The topological polar surface area (TPSA) is 0 Å². The highest BCUT2D eigenvalue weighted by molar-refractivity contribution is 6.33. The zero-order valence-corrected chi connectivity index (χ0v) is 4.74. The number of halogens is 1. The minimum Gasteiger partial charge on any atom is -0.342 e. The molecule has 0 spiro atoms. The molecule has 0 unspecified atom stereocenters. The van der Waals surface area contributed by atoms with Gasteiger partial charge in [0.2, 0.25) is 0 Å². The standard InChI is InChI=1S/C4H8B2F/c1-4(2,3-5)6-7/h3H2,1-2H3. The first-order valence-corrected chi connectivity index (χ1v) is 2.27. The summed E-state index contributed by atoms with van der Waals surface area (Å²) in [7, 11) is 5.76. The monoisotopic (exact) mass is 97.1 g/mol. The van der Waals surface area contributed by atoms with Crippen molar-refractivity contribution in [3.05, 3.63) is 0 Å². The van der Waals surface area contributed by atoms with Crippen LogP contribution in [0, 0.1) is 0 Å². The Bertz CT molecular complexity index is 47.7. The predicted molar refractivity (Wildman–Crippen MR) is 31.5 cm³/mol. The van der Waals surface area contributed by atoms with Gasteiger partial charge >= 0.3 is 7.56 Å². The molecular weight excluding hydrogens is 88.7 g/mol. The first-order chi connectivity index (χ1) is 3.12. The van der Waals surface area contributed by atoms with Gasteiger partial charge in [0.05, 0.1) is 7.85 Å². The fourth-order valence-corrected chi connectivity index (χ4v) is 0.0445. The first kappa shape index (κ1) is 7.06. The molecule has 0 aliphatic heterocycles. The lowest BCUT2D eigenvalue weighted by molar-refractivity contribution is 0.681. The summed E-state index contributed by atoms with van der Waals surface area (Å²) >= 11 is 0. The van der Waals surface area contributed by atoms with Gasteiger partial charge in [0.15, 0.2) is 0 Å². The molecule has 0 bridgehead atoms. The number of rotatable bonds is 2. The molecular formula is C4H8B2F. The predicted octanol–water partition coefficient (Wildman–Crippen LogP) is 1.36. The van der Waals surface area contributed by atoms with Crippen molar-refractivity contribution in [3.63, 3.8) is 0 Å². The average molecular weight is 96.7 g/mol. The first-order valence-electron chi connectivity index (χ1n) is 2.27. The van der Waals surface area contributed by atoms with Crippen molar-refractivity contribution in [2.45, 2.75) is 25.5 Å². The van der Waals surface area contributed by atoms with Crippen LogP contribution in [0.2, 0.25) is 11.6 Å². The normalized spacial score (nSPS) is 11.3. The van der Waals surface area contributed by atoms with E-state index in [1.165, 1.54) is 0 Å². The number of hydrogen-bond donors (Lipinski definition) is 0. The molecule has 0 N–H and O–H groups in total. The molecule has 0 aromatic rings. The molecule has 0 atom stereocenters. The van der Waals surface area contributed by atoms with Crippen molar-refractivity contribution < 1.29 is 4.32 Å². The third-order valence-corrected chi connectivity index (χ3v) is 0.821. The summed E-state index contributed by atoms with van der Waals surface area (Å²) in [5, 5.41) is -0.431. The SMILES string of the molecule is [B]CC(C)(C)[B]F. The maximum absolute atomic E-state index is 11.6. The van der Waals surface area contributed by atoms with Crippen LogP contribution in [0.4, 0.5) is 4.32 Å². The van der Waals surface area contributed by atoms with Crippen molar-refractivity contribution in [2.24, 2.45) is 0 Å². The third-order valence-electron chi connectivity index (χ3n) is 0.821. The Balaban J connectivity index is 3.36. The summed E-state index contributed by atoms with van der Waals surface area (Å²) in [6.07, 6.45) is 0.365. The van der Waals surface area contributed by atoms with E-state index in [-0.39, 0.29) is 0 Å². The molecule has 37 valence electrons. The second-order valence-electron chi connectivity index (χ2n) is 2.30. The maximum Gasteiger partial charge on any atom is 0.359 e. The lowest BCUT2D eigenvalue weighted by Crippen LogP contribution is -2.06. The molecule has 0 fully saturated rings. The Kier molecular flexibility index (Phi) is 2.41. The minimum atomic E-state index is -0.431. The Labute approximate surface area is 46.2 Å². The van der Waals surface area contributed by atoms with Crippen LogP contribution in [0.3, 0.4) is 0 Å². The molecule has 0 aromatic carbocycles. The molecule has 0 saturated heterocycles. The largest absolute Gasteiger partial charge is 0.359 e. The summed E-state index contributed by atoms with van der Waals surface area (Å²) in [4.78, 5) is 0. The molecule has 7 heavy (non-hydrogen) atoms. The van der Waals surface area contributed by atoms with Crippen LogP contribution in [0.25, 0.3) is 0 Å². The van der Waals surface area contributed by atoms with E-state index in [0.717, 1.165) is 0 Å². The maximum atomic E-state index is 11.6. The van der Waals surface area contributed by atoms with Gasteiger partial charge in [-0.3, -0.25) is 0 Å². The van der Waals surface area contributed by atoms with Crippen molar-refractivity contribution in [2.75, 3.05) is 0 Å². The van der Waals surface area contributed by atoms with Crippen LogP contribution in [0.5, 0.6) is 0 Å². The number of hydrogen-bond acceptors (Lipinski definition) is 0. The van der Waals surface area contributed by atoms with Crippen LogP contribution in [0.15, 0.2) is 0 Å². The lowest BCUT2D eigenvalue weighted by atomic mass is 9.62. The van der Waals surface area contributed by atoms with E-state index in [4.69, 9.17) is 7.85 Å². The molecule has 0 nitrogen and oxygen atoms in total. The van der Waals surface area contributed by atoms with Crippen LogP contribution in [-0.2, 0) is 0 Å². The highest BCUT2D eigenvalue weighted by atomic mass is 19.1. The van der Waals surface area contributed by atoms with E-state index < -0.39 is 5.31 Å². The molecule has 0 heterocycles. The fourth-order valence-electron chi connectivity index (χ4n) is 0.0445. The highest BCUT2D eigenvalue weighted by Gasteiger charge is 2.16. The molecule has 0 aromatic heterocycles. The van der Waals surface area contributed by atoms with Crippen LogP contribution in [0.1, 0.15) is 13.8 Å². The molecule has 3 heteroatoms. The van der Waals surface area contributed by atoms with Gasteiger partial charge in [-0.2, -0.15) is 0 Å². The molecule has 0 aliphatic carbocycles. The van der Waals surface area contributed by atoms with Crippen molar-refractivity contribution >= 4 is 15.4 Å². The van der Waals surface area contributed by atoms with E-state index in [0.29, 0.717) is 13.9 Å². The van der Waals surface area contributed by atoms with Gasteiger partial charge in [0, 0.05) is 0 Å². The van der Waals surface area contributed by atoms with E-state index in [1.807, 2.05) is 0 Å². The Hall–Kier alpha value is 0.0599. The van der Waals surface area contributed by atoms with Gasteiger partial charge in [-0.25, -0.2) is 0 Å². The summed E-state index contributed by atoms with van der Waals surface area (Å²) in [6.45, 7) is 3.49. The van der Waals surface area contributed by atoms with E-state index >= 15 is 0 Å². The van der Waals surface area contributed by atoms with Crippen LogP contribution < -0.4 is 0 Å². The molecule has 3 radical (unpaired) electrons. The third kappa shape index (κ3) is 2.72. The van der Waals surface area contributed by atoms with E-state index in [1.54, 1.807) is 13.8 Å². The van der Waals surface area contributed by atoms with Gasteiger partial charge < -0.3 is 4.32 Å². The average Bonchev–Trinajstić information content (AvgIpc) is 1.68. The van der Waals surface area contributed by atoms with Gasteiger partial charge in [0.1, 0.15) is 0 Å².